The standard InChI is InChI=1S/C11H18N2/c1-8-9(2)13-7-11(3,4)6-5-10(13)12-8/h5-7H2,1-4H3. The van der Waals surface area contributed by atoms with Crippen LogP contribution in [0, 0.1) is 19.3 Å². The van der Waals surface area contributed by atoms with Crippen molar-refractivity contribution in [2.45, 2.75) is 47.1 Å². The molecule has 0 radical (unpaired) electrons. The predicted octanol–water partition coefficient (Wildman–Crippen LogP) is 2.47. The van der Waals surface area contributed by atoms with Gasteiger partial charge in [0.2, 0.25) is 0 Å². The lowest BCUT2D eigenvalue weighted by Gasteiger charge is -2.31. The highest BCUT2D eigenvalue weighted by Crippen LogP contribution is 2.31. The van der Waals surface area contributed by atoms with Gasteiger partial charge in [0.1, 0.15) is 5.82 Å². The Hall–Kier alpha value is -0.790. The third-order valence-electron chi connectivity index (χ3n) is 3.15. The van der Waals surface area contributed by atoms with E-state index in [4.69, 9.17) is 0 Å². The lowest BCUT2D eigenvalue weighted by atomic mass is 9.85. The first-order valence-corrected chi connectivity index (χ1v) is 5.02. The maximum atomic E-state index is 4.58. The summed E-state index contributed by atoms with van der Waals surface area (Å²) in [6, 6.07) is 0. The molecule has 0 aromatic carbocycles. The first kappa shape index (κ1) is 8.79. The molecule has 0 bridgehead atoms. The Morgan fingerprint density at radius 2 is 2.00 bits per heavy atom. The lowest BCUT2D eigenvalue weighted by Crippen LogP contribution is -2.27. The van der Waals surface area contributed by atoms with Gasteiger partial charge in [0.05, 0.1) is 5.69 Å². The van der Waals surface area contributed by atoms with Crippen LogP contribution in [0.3, 0.4) is 0 Å². The van der Waals surface area contributed by atoms with Gasteiger partial charge in [-0.15, -0.1) is 0 Å². The summed E-state index contributed by atoms with van der Waals surface area (Å²) in [5, 5.41) is 0. The average Bonchev–Trinajstić information content (AvgIpc) is 2.29. The first-order valence-electron chi connectivity index (χ1n) is 5.02. The highest BCUT2D eigenvalue weighted by molar-refractivity contribution is 5.16. The molecule has 72 valence electrons. The zero-order chi connectivity index (χ0) is 9.64. The molecule has 1 aliphatic rings. The molecular formula is C11H18N2. The van der Waals surface area contributed by atoms with Gasteiger partial charge < -0.3 is 4.57 Å². The van der Waals surface area contributed by atoms with Gasteiger partial charge in [-0.25, -0.2) is 4.98 Å². The van der Waals surface area contributed by atoms with Crippen molar-refractivity contribution in [2.75, 3.05) is 0 Å². The second-order valence-corrected chi connectivity index (χ2v) is 4.95. The molecule has 0 fully saturated rings. The quantitative estimate of drug-likeness (QED) is 0.596. The molecule has 0 saturated carbocycles. The highest BCUT2D eigenvalue weighted by Gasteiger charge is 2.27. The summed E-state index contributed by atoms with van der Waals surface area (Å²) in [4.78, 5) is 4.58. The number of hydrogen-bond donors (Lipinski definition) is 0. The molecule has 2 rings (SSSR count). The molecule has 1 aromatic rings. The summed E-state index contributed by atoms with van der Waals surface area (Å²) < 4.78 is 2.39. The third-order valence-corrected chi connectivity index (χ3v) is 3.15. The molecule has 2 heterocycles. The van der Waals surface area contributed by atoms with Crippen molar-refractivity contribution in [1.82, 2.24) is 9.55 Å². The summed E-state index contributed by atoms with van der Waals surface area (Å²) >= 11 is 0. The maximum absolute atomic E-state index is 4.58. The normalized spacial score (nSPS) is 20.0. The zero-order valence-corrected chi connectivity index (χ0v) is 9.02. The number of nitrogens with zero attached hydrogens (tertiary/aromatic N) is 2. The topological polar surface area (TPSA) is 17.8 Å². The van der Waals surface area contributed by atoms with Gasteiger partial charge in [-0.2, -0.15) is 0 Å². The van der Waals surface area contributed by atoms with Crippen LogP contribution in [0.1, 0.15) is 37.5 Å². The molecule has 2 nitrogen and oxygen atoms in total. The van der Waals surface area contributed by atoms with Crippen molar-refractivity contribution in [3.63, 3.8) is 0 Å². The van der Waals surface area contributed by atoms with Gasteiger partial charge >= 0.3 is 0 Å². The van der Waals surface area contributed by atoms with E-state index < -0.39 is 0 Å². The van der Waals surface area contributed by atoms with E-state index in [1.54, 1.807) is 0 Å². The number of aryl methyl sites for hydroxylation is 2. The monoisotopic (exact) mass is 178 g/mol. The maximum Gasteiger partial charge on any atom is 0.109 e. The fourth-order valence-electron chi connectivity index (χ4n) is 2.08. The van der Waals surface area contributed by atoms with E-state index in [0.29, 0.717) is 5.41 Å². The molecule has 0 aliphatic carbocycles. The van der Waals surface area contributed by atoms with Crippen LogP contribution < -0.4 is 0 Å². The van der Waals surface area contributed by atoms with Crippen molar-refractivity contribution in [2.24, 2.45) is 5.41 Å². The van der Waals surface area contributed by atoms with E-state index in [9.17, 15) is 0 Å². The number of imidazole rings is 1. The minimum absolute atomic E-state index is 0.449. The Morgan fingerprint density at radius 1 is 1.31 bits per heavy atom. The molecule has 1 aliphatic heterocycles. The van der Waals surface area contributed by atoms with Gasteiger partial charge in [0.15, 0.2) is 0 Å². The van der Waals surface area contributed by atoms with Gasteiger partial charge in [-0.05, 0) is 25.7 Å². The summed E-state index contributed by atoms with van der Waals surface area (Å²) in [6.45, 7) is 10.1. The Kier molecular flexibility index (Phi) is 1.76. The highest BCUT2D eigenvalue weighted by atomic mass is 15.1. The largest absolute Gasteiger partial charge is 0.332 e. The van der Waals surface area contributed by atoms with Gasteiger partial charge in [0, 0.05) is 18.7 Å². The Bertz CT molecular complexity index is 334. The molecule has 2 heteroatoms. The molecule has 0 saturated heterocycles. The first-order chi connectivity index (χ1) is 5.99. The Labute approximate surface area is 80.0 Å². The van der Waals surface area contributed by atoms with Crippen LogP contribution >= 0.6 is 0 Å². The predicted molar refractivity (Wildman–Crippen MR) is 53.8 cm³/mol. The van der Waals surface area contributed by atoms with Crippen molar-refractivity contribution in [1.29, 1.82) is 0 Å². The Morgan fingerprint density at radius 3 is 2.69 bits per heavy atom. The van der Waals surface area contributed by atoms with Crippen LogP contribution in [-0.2, 0) is 13.0 Å². The van der Waals surface area contributed by atoms with E-state index in [-0.39, 0.29) is 0 Å². The molecule has 1 aromatic heterocycles. The van der Waals surface area contributed by atoms with Crippen molar-refractivity contribution in [3.05, 3.63) is 17.2 Å². The fraction of sp³-hybridized carbons (Fsp3) is 0.727. The Balaban J connectivity index is 2.44. The summed E-state index contributed by atoms with van der Waals surface area (Å²) in [5.74, 6) is 1.29. The fourth-order valence-corrected chi connectivity index (χ4v) is 2.08. The van der Waals surface area contributed by atoms with Crippen LogP contribution in [0.5, 0.6) is 0 Å². The molecular weight excluding hydrogens is 160 g/mol. The summed E-state index contributed by atoms with van der Waals surface area (Å²) in [7, 11) is 0. The van der Waals surface area contributed by atoms with Crippen LogP contribution in [-0.4, -0.2) is 9.55 Å². The zero-order valence-electron chi connectivity index (χ0n) is 9.02. The molecule has 0 unspecified atom stereocenters. The number of aromatic nitrogens is 2. The van der Waals surface area contributed by atoms with Crippen LogP contribution in [0.15, 0.2) is 0 Å². The van der Waals surface area contributed by atoms with Crippen molar-refractivity contribution < 1.29 is 0 Å². The number of hydrogen-bond acceptors (Lipinski definition) is 1. The van der Waals surface area contributed by atoms with Gasteiger partial charge in [0.25, 0.3) is 0 Å². The smallest absolute Gasteiger partial charge is 0.109 e. The van der Waals surface area contributed by atoms with E-state index in [2.05, 4.69) is 37.2 Å². The lowest BCUT2D eigenvalue weighted by molar-refractivity contribution is 0.245. The van der Waals surface area contributed by atoms with Crippen LogP contribution in [0.4, 0.5) is 0 Å². The number of fused-ring (bicyclic) bond motifs is 1. The second kappa shape index (κ2) is 2.60. The minimum Gasteiger partial charge on any atom is -0.332 e. The van der Waals surface area contributed by atoms with E-state index in [1.807, 2.05) is 0 Å². The molecule has 0 amide bonds. The molecule has 0 N–H and O–H groups in total. The van der Waals surface area contributed by atoms with Gasteiger partial charge in [-0.3, -0.25) is 0 Å². The number of rotatable bonds is 0. The van der Waals surface area contributed by atoms with Crippen molar-refractivity contribution in [3.8, 4) is 0 Å². The van der Waals surface area contributed by atoms with Crippen LogP contribution in [0.2, 0.25) is 0 Å². The van der Waals surface area contributed by atoms with E-state index in [0.717, 1.165) is 13.0 Å². The third kappa shape index (κ3) is 1.38. The molecule has 0 spiro atoms. The van der Waals surface area contributed by atoms with Gasteiger partial charge in [-0.1, -0.05) is 13.8 Å². The van der Waals surface area contributed by atoms with E-state index in [1.165, 1.54) is 23.6 Å². The molecule has 0 atom stereocenters. The molecule has 13 heavy (non-hydrogen) atoms. The average molecular weight is 178 g/mol. The SMILES string of the molecule is Cc1nc2n(c1C)CC(C)(C)CC2. The summed E-state index contributed by atoms with van der Waals surface area (Å²) in [6.07, 6.45) is 2.41. The van der Waals surface area contributed by atoms with Crippen LogP contribution in [0.25, 0.3) is 0 Å². The summed E-state index contributed by atoms with van der Waals surface area (Å²) in [5.41, 5.74) is 3.00. The minimum atomic E-state index is 0.449. The second-order valence-electron chi connectivity index (χ2n) is 4.95. The van der Waals surface area contributed by atoms with Crippen molar-refractivity contribution >= 4 is 0 Å². The van der Waals surface area contributed by atoms with E-state index >= 15 is 0 Å².